The standard InChI is InChI=1S/C13H13FN6/c1-19(2)11-7-17-20-12(15)4-10(18-13(11)20)8-3-9(14)6-16-5-8/h3-7H,15H2,1-2H3. The molecule has 3 aromatic rings. The zero-order valence-electron chi connectivity index (χ0n) is 11.1. The van der Waals surface area contributed by atoms with E-state index in [2.05, 4.69) is 15.1 Å². The van der Waals surface area contributed by atoms with Crippen molar-refractivity contribution < 1.29 is 4.39 Å². The molecule has 0 aromatic carbocycles. The lowest BCUT2D eigenvalue weighted by Crippen LogP contribution is -2.09. The van der Waals surface area contributed by atoms with Crippen molar-refractivity contribution in [2.24, 2.45) is 0 Å². The Morgan fingerprint density at radius 2 is 2.00 bits per heavy atom. The highest BCUT2D eigenvalue weighted by Crippen LogP contribution is 2.25. The molecule has 0 fully saturated rings. The van der Waals surface area contributed by atoms with Gasteiger partial charge < -0.3 is 10.6 Å². The smallest absolute Gasteiger partial charge is 0.181 e. The second-order valence-electron chi connectivity index (χ2n) is 4.62. The van der Waals surface area contributed by atoms with Gasteiger partial charge in [-0.25, -0.2) is 9.37 Å². The van der Waals surface area contributed by atoms with E-state index in [0.717, 1.165) is 11.9 Å². The van der Waals surface area contributed by atoms with Crippen LogP contribution in [0.15, 0.2) is 30.7 Å². The maximum absolute atomic E-state index is 13.3. The van der Waals surface area contributed by atoms with Crippen molar-refractivity contribution >= 4 is 17.2 Å². The molecule has 0 spiro atoms. The average Bonchev–Trinajstić information content (AvgIpc) is 2.83. The molecule has 2 N–H and O–H groups in total. The monoisotopic (exact) mass is 272 g/mol. The summed E-state index contributed by atoms with van der Waals surface area (Å²) in [5.74, 6) is 0.0199. The first kappa shape index (κ1) is 12.3. The molecule has 7 heteroatoms. The van der Waals surface area contributed by atoms with Gasteiger partial charge in [-0.1, -0.05) is 0 Å². The highest BCUT2D eigenvalue weighted by Gasteiger charge is 2.12. The van der Waals surface area contributed by atoms with Gasteiger partial charge >= 0.3 is 0 Å². The van der Waals surface area contributed by atoms with Gasteiger partial charge in [0.2, 0.25) is 0 Å². The van der Waals surface area contributed by atoms with Crippen LogP contribution in [0.25, 0.3) is 16.9 Å². The van der Waals surface area contributed by atoms with Crippen molar-refractivity contribution in [3.63, 3.8) is 0 Å². The molecule has 0 saturated carbocycles. The molecular formula is C13H13FN6. The van der Waals surface area contributed by atoms with Crippen LogP contribution in [0.1, 0.15) is 0 Å². The van der Waals surface area contributed by atoms with E-state index in [4.69, 9.17) is 5.73 Å². The molecule has 20 heavy (non-hydrogen) atoms. The van der Waals surface area contributed by atoms with Crippen LogP contribution >= 0.6 is 0 Å². The summed E-state index contributed by atoms with van der Waals surface area (Å²) in [5.41, 5.74) is 8.56. The summed E-state index contributed by atoms with van der Waals surface area (Å²) in [7, 11) is 3.79. The Hall–Kier alpha value is -2.70. The number of nitrogens with two attached hydrogens (primary N) is 1. The highest BCUT2D eigenvalue weighted by atomic mass is 19.1. The van der Waals surface area contributed by atoms with Crippen LogP contribution < -0.4 is 10.6 Å². The Morgan fingerprint density at radius 3 is 2.70 bits per heavy atom. The predicted molar refractivity (Wildman–Crippen MR) is 74.9 cm³/mol. The summed E-state index contributed by atoms with van der Waals surface area (Å²) in [6.45, 7) is 0. The molecule has 0 unspecified atom stereocenters. The lowest BCUT2D eigenvalue weighted by atomic mass is 10.2. The summed E-state index contributed by atoms with van der Waals surface area (Å²) < 4.78 is 14.8. The van der Waals surface area contributed by atoms with Crippen molar-refractivity contribution in [1.29, 1.82) is 0 Å². The van der Waals surface area contributed by atoms with Crippen molar-refractivity contribution in [2.75, 3.05) is 24.7 Å². The third-order valence-corrected chi connectivity index (χ3v) is 2.96. The van der Waals surface area contributed by atoms with Crippen LogP contribution in [-0.2, 0) is 0 Å². The zero-order chi connectivity index (χ0) is 14.3. The topological polar surface area (TPSA) is 72.3 Å². The summed E-state index contributed by atoms with van der Waals surface area (Å²) in [5, 5.41) is 4.19. The SMILES string of the molecule is CN(C)c1cnn2c(N)cc(-c3cncc(F)c3)nc12. The number of nitrogen functional groups attached to an aromatic ring is 1. The first-order valence-electron chi connectivity index (χ1n) is 5.99. The molecule has 0 bridgehead atoms. The van der Waals surface area contributed by atoms with E-state index in [1.54, 1.807) is 23.0 Å². The van der Waals surface area contributed by atoms with Gasteiger partial charge in [0.1, 0.15) is 17.3 Å². The van der Waals surface area contributed by atoms with Crippen LogP contribution in [0.5, 0.6) is 0 Å². The lowest BCUT2D eigenvalue weighted by molar-refractivity contribution is 0.622. The molecule has 6 nitrogen and oxygen atoms in total. The number of fused-ring (bicyclic) bond motifs is 1. The Kier molecular flexibility index (Phi) is 2.74. The van der Waals surface area contributed by atoms with Crippen LogP contribution in [0.2, 0.25) is 0 Å². The van der Waals surface area contributed by atoms with Crippen molar-refractivity contribution in [3.05, 3.63) is 36.5 Å². The van der Waals surface area contributed by atoms with E-state index >= 15 is 0 Å². The number of halogens is 1. The molecule has 3 heterocycles. The quantitative estimate of drug-likeness (QED) is 0.766. The molecule has 3 rings (SSSR count). The number of hydrogen-bond acceptors (Lipinski definition) is 5. The first-order valence-corrected chi connectivity index (χ1v) is 5.99. The van der Waals surface area contributed by atoms with Crippen LogP contribution in [0, 0.1) is 5.82 Å². The second-order valence-corrected chi connectivity index (χ2v) is 4.62. The summed E-state index contributed by atoms with van der Waals surface area (Å²) >= 11 is 0. The first-order chi connectivity index (χ1) is 9.56. The van der Waals surface area contributed by atoms with Gasteiger partial charge in [0.25, 0.3) is 0 Å². The molecule has 0 saturated heterocycles. The van der Waals surface area contributed by atoms with E-state index in [1.807, 2.05) is 19.0 Å². The maximum atomic E-state index is 13.3. The summed E-state index contributed by atoms with van der Waals surface area (Å²) in [6, 6.07) is 3.02. The van der Waals surface area contributed by atoms with Gasteiger partial charge in [-0.05, 0) is 6.07 Å². The van der Waals surface area contributed by atoms with E-state index in [1.165, 1.54) is 6.07 Å². The van der Waals surface area contributed by atoms with Crippen molar-refractivity contribution in [1.82, 2.24) is 19.6 Å². The van der Waals surface area contributed by atoms with Gasteiger partial charge in [-0.15, -0.1) is 0 Å². The van der Waals surface area contributed by atoms with Gasteiger partial charge in [0.15, 0.2) is 5.65 Å². The summed E-state index contributed by atoms with van der Waals surface area (Å²) in [4.78, 5) is 10.2. The Labute approximate surface area is 114 Å². The fraction of sp³-hybridized carbons (Fsp3) is 0.154. The number of rotatable bonds is 2. The predicted octanol–water partition coefficient (Wildman–Crippen LogP) is 1.58. The van der Waals surface area contributed by atoms with Crippen LogP contribution in [0.4, 0.5) is 15.9 Å². The van der Waals surface area contributed by atoms with E-state index in [9.17, 15) is 4.39 Å². The minimum Gasteiger partial charge on any atom is -0.384 e. The van der Waals surface area contributed by atoms with Crippen molar-refractivity contribution in [3.8, 4) is 11.3 Å². The molecule has 0 radical (unpaired) electrons. The van der Waals surface area contributed by atoms with Gasteiger partial charge in [0.05, 0.1) is 18.1 Å². The van der Waals surface area contributed by atoms with Gasteiger partial charge in [-0.2, -0.15) is 9.61 Å². The molecule has 0 aliphatic carbocycles. The second kappa shape index (κ2) is 4.44. The number of pyridine rings is 1. The maximum Gasteiger partial charge on any atom is 0.181 e. The number of hydrogen-bond donors (Lipinski definition) is 1. The third kappa shape index (κ3) is 1.93. The van der Waals surface area contributed by atoms with Gasteiger partial charge in [0, 0.05) is 31.9 Å². The number of anilines is 2. The fourth-order valence-electron chi connectivity index (χ4n) is 1.99. The van der Waals surface area contributed by atoms with E-state index in [-0.39, 0.29) is 0 Å². The molecular weight excluding hydrogens is 259 g/mol. The third-order valence-electron chi connectivity index (χ3n) is 2.96. The molecule has 0 atom stereocenters. The minimum absolute atomic E-state index is 0.413. The number of nitrogens with zero attached hydrogens (tertiary/aromatic N) is 5. The van der Waals surface area contributed by atoms with Crippen molar-refractivity contribution in [2.45, 2.75) is 0 Å². The number of aromatic nitrogens is 4. The van der Waals surface area contributed by atoms with E-state index in [0.29, 0.717) is 22.7 Å². The Morgan fingerprint density at radius 1 is 1.20 bits per heavy atom. The average molecular weight is 272 g/mol. The van der Waals surface area contributed by atoms with E-state index < -0.39 is 5.82 Å². The Bertz CT molecular complexity index is 780. The van der Waals surface area contributed by atoms with Crippen LogP contribution in [-0.4, -0.2) is 33.7 Å². The Balaban J connectivity index is 2.25. The fourth-order valence-corrected chi connectivity index (χ4v) is 1.99. The minimum atomic E-state index is -0.413. The molecule has 102 valence electrons. The normalized spacial score (nSPS) is 10.9. The molecule has 0 amide bonds. The van der Waals surface area contributed by atoms with Crippen LogP contribution in [0.3, 0.4) is 0 Å². The summed E-state index contributed by atoms with van der Waals surface area (Å²) in [6.07, 6.45) is 4.38. The largest absolute Gasteiger partial charge is 0.384 e. The van der Waals surface area contributed by atoms with Gasteiger partial charge in [-0.3, -0.25) is 4.98 Å². The molecule has 0 aliphatic heterocycles. The molecule has 3 aromatic heterocycles. The highest BCUT2D eigenvalue weighted by molar-refractivity contribution is 5.74. The molecule has 0 aliphatic rings. The zero-order valence-corrected chi connectivity index (χ0v) is 11.1. The lowest BCUT2D eigenvalue weighted by Gasteiger charge is -2.10.